The molecule has 0 saturated heterocycles. The maximum absolute atomic E-state index is 9.88. The number of halogens is 1. The molecule has 86 valence electrons. The molecule has 1 atom stereocenters. The van der Waals surface area contributed by atoms with Crippen molar-refractivity contribution in [2.75, 3.05) is 6.54 Å². The Morgan fingerprint density at radius 2 is 2.31 bits per heavy atom. The summed E-state index contributed by atoms with van der Waals surface area (Å²) in [5.74, 6) is 0. The molecular formula is C11H13ClN2OS. The summed E-state index contributed by atoms with van der Waals surface area (Å²) in [6.07, 6.45) is 0.458. The van der Waals surface area contributed by atoms with Gasteiger partial charge in [0.15, 0.2) is 0 Å². The van der Waals surface area contributed by atoms with Gasteiger partial charge in [0.25, 0.3) is 0 Å². The topological polar surface area (TPSA) is 59.1 Å². The van der Waals surface area contributed by atoms with Gasteiger partial charge in [-0.3, -0.25) is 0 Å². The predicted octanol–water partition coefficient (Wildman–Crippen LogP) is 2.20. The second-order valence-electron chi connectivity index (χ2n) is 4.07. The van der Waals surface area contributed by atoms with Gasteiger partial charge in [-0.15, -0.1) is 11.3 Å². The van der Waals surface area contributed by atoms with Crippen molar-refractivity contribution in [3.05, 3.63) is 28.2 Å². The molecule has 0 aliphatic heterocycles. The first-order chi connectivity index (χ1) is 7.52. The van der Waals surface area contributed by atoms with E-state index < -0.39 is 5.60 Å². The van der Waals surface area contributed by atoms with Crippen LogP contribution in [0.3, 0.4) is 0 Å². The van der Waals surface area contributed by atoms with Gasteiger partial charge in [0.2, 0.25) is 0 Å². The maximum atomic E-state index is 9.88. The van der Waals surface area contributed by atoms with Crippen molar-refractivity contribution >= 4 is 33.2 Å². The van der Waals surface area contributed by atoms with E-state index in [1.165, 1.54) is 11.3 Å². The van der Waals surface area contributed by atoms with E-state index in [9.17, 15) is 5.11 Å². The molecule has 0 radical (unpaired) electrons. The van der Waals surface area contributed by atoms with Crippen LogP contribution in [0.1, 0.15) is 11.9 Å². The predicted molar refractivity (Wildman–Crippen MR) is 68.0 cm³/mol. The van der Waals surface area contributed by atoms with E-state index in [0.29, 0.717) is 11.4 Å². The second kappa shape index (κ2) is 4.30. The number of thiazole rings is 1. The molecule has 1 aromatic heterocycles. The monoisotopic (exact) mass is 256 g/mol. The Labute approximate surface area is 103 Å². The van der Waals surface area contributed by atoms with Gasteiger partial charge >= 0.3 is 0 Å². The fourth-order valence-electron chi connectivity index (χ4n) is 1.44. The summed E-state index contributed by atoms with van der Waals surface area (Å²) in [4.78, 5) is 4.43. The molecule has 16 heavy (non-hydrogen) atoms. The van der Waals surface area contributed by atoms with Crippen molar-refractivity contribution < 1.29 is 5.11 Å². The summed E-state index contributed by atoms with van der Waals surface area (Å²) in [5.41, 5.74) is 5.45. The number of hydrogen-bond donors (Lipinski definition) is 2. The lowest BCUT2D eigenvalue weighted by atomic mass is 10.0. The van der Waals surface area contributed by atoms with Crippen LogP contribution in [0.4, 0.5) is 0 Å². The van der Waals surface area contributed by atoms with Crippen molar-refractivity contribution in [1.82, 2.24) is 4.98 Å². The molecule has 3 N–H and O–H groups in total. The van der Waals surface area contributed by atoms with Gasteiger partial charge < -0.3 is 10.8 Å². The van der Waals surface area contributed by atoms with Crippen LogP contribution in [0.2, 0.25) is 5.02 Å². The summed E-state index contributed by atoms with van der Waals surface area (Å²) < 4.78 is 0.965. The smallest absolute Gasteiger partial charge is 0.0968 e. The normalized spacial score (nSPS) is 15.2. The van der Waals surface area contributed by atoms with Gasteiger partial charge in [-0.1, -0.05) is 17.7 Å². The summed E-state index contributed by atoms with van der Waals surface area (Å²) in [5, 5.41) is 11.4. The number of hydrogen-bond acceptors (Lipinski definition) is 4. The van der Waals surface area contributed by atoms with Crippen LogP contribution in [-0.2, 0) is 6.42 Å². The third-order valence-corrected chi connectivity index (χ3v) is 3.91. The van der Waals surface area contributed by atoms with Gasteiger partial charge in [0.05, 0.1) is 25.8 Å². The minimum absolute atomic E-state index is 0.219. The molecule has 5 heteroatoms. The van der Waals surface area contributed by atoms with E-state index in [1.54, 1.807) is 6.92 Å². The average Bonchev–Trinajstić information content (AvgIpc) is 2.61. The van der Waals surface area contributed by atoms with Crippen LogP contribution in [0.5, 0.6) is 0 Å². The summed E-state index contributed by atoms with van der Waals surface area (Å²) in [6, 6.07) is 5.63. The fraction of sp³-hybridized carbons (Fsp3) is 0.364. The van der Waals surface area contributed by atoms with Gasteiger partial charge in [0, 0.05) is 13.0 Å². The molecule has 3 nitrogen and oxygen atoms in total. The van der Waals surface area contributed by atoms with Gasteiger partial charge in [-0.2, -0.15) is 0 Å². The SMILES string of the molecule is CC(O)(CN)Cc1nc2cccc(Cl)c2s1. The van der Waals surface area contributed by atoms with Crippen molar-refractivity contribution in [2.45, 2.75) is 18.9 Å². The van der Waals surface area contributed by atoms with Crippen LogP contribution in [0.25, 0.3) is 10.2 Å². The van der Waals surface area contributed by atoms with Crippen LogP contribution in [0, 0.1) is 0 Å². The molecule has 0 bridgehead atoms. The van der Waals surface area contributed by atoms with E-state index >= 15 is 0 Å². The number of aromatic nitrogens is 1. The van der Waals surface area contributed by atoms with E-state index in [4.69, 9.17) is 17.3 Å². The lowest BCUT2D eigenvalue weighted by Gasteiger charge is -2.18. The molecule has 1 unspecified atom stereocenters. The Bertz CT molecular complexity index is 510. The largest absolute Gasteiger partial charge is 0.388 e. The summed E-state index contributed by atoms with van der Waals surface area (Å²) in [7, 11) is 0. The summed E-state index contributed by atoms with van der Waals surface area (Å²) >= 11 is 7.57. The number of aliphatic hydroxyl groups is 1. The molecule has 2 aromatic rings. The minimum atomic E-state index is -0.902. The molecule has 0 aliphatic rings. The van der Waals surface area contributed by atoms with Gasteiger partial charge in [0.1, 0.15) is 0 Å². The Balaban J connectivity index is 2.37. The Morgan fingerprint density at radius 1 is 1.56 bits per heavy atom. The quantitative estimate of drug-likeness (QED) is 0.885. The zero-order chi connectivity index (χ0) is 11.8. The molecule has 1 aromatic carbocycles. The van der Waals surface area contributed by atoms with Crippen molar-refractivity contribution in [1.29, 1.82) is 0 Å². The second-order valence-corrected chi connectivity index (χ2v) is 5.56. The zero-order valence-corrected chi connectivity index (χ0v) is 10.5. The first kappa shape index (κ1) is 11.8. The average molecular weight is 257 g/mol. The van der Waals surface area contributed by atoms with Crippen molar-refractivity contribution in [2.24, 2.45) is 5.73 Å². The zero-order valence-electron chi connectivity index (χ0n) is 8.90. The fourth-order valence-corrected chi connectivity index (χ4v) is 2.87. The van der Waals surface area contributed by atoms with Crippen LogP contribution < -0.4 is 5.73 Å². The number of rotatable bonds is 3. The van der Waals surface area contributed by atoms with E-state index in [1.807, 2.05) is 18.2 Å². The van der Waals surface area contributed by atoms with Crippen LogP contribution >= 0.6 is 22.9 Å². The number of fused-ring (bicyclic) bond motifs is 1. The van der Waals surface area contributed by atoms with E-state index in [-0.39, 0.29) is 6.54 Å². The Kier molecular flexibility index (Phi) is 3.17. The van der Waals surface area contributed by atoms with Crippen LogP contribution in [0.15, 0.2) is 18.2 Å². The molecule has 0 amide bonds. The minimum Gasteiger partial charge on any atom is -0.388 e. The van der Waals surface area contributed by atoms with Gasteiger partial charge in [-0.05, 0) is 19.1 Å². The first-order valence-corrected chi connectivity index (χ1v) is 6.18. The standard InChI is InChI=1S/C11H13ClN2OS/c1-11(15,6-13)5-9-14-8-4-2-3-7(12)10(8)16-9/h2-4,15H,5-6,13H2,1H3. The molecular weight excluding hydrogens is 244 g/mol. The summed E-state index contributed by atoms with van der Waals surface area (Å²) in [6.45, 7) is 1.93. The Morgan fingerprint density at radius 3 is 2.94 bits per heavy atom. The van der Waals surface area contributed by atoms with Crippen molar-refractivity contribution in [3.8, 4) is 0 Å². The van der Waals surface area contributed by atoms with E-state index in [2.05, 4.69) is 4.98 Å². The number of benzene rings is 1. The highest BCUT2D eigenvalue weighted by atomic mass is 35.5. The number of nitrogens with zero attached hydrogens (tertiary/aromatic N) is 1. The molecule has 1 heterocycles. The number of nitrogens with two attached hydrogens (primary N) is 1. The highest BCUT2D eigenvalue weighted by Crippen LogP contribution is 2.30. The third-order valence-electron chi connectivity index (χ3n) is 2.38. The highest BCUT2D eigenvalue weighted by Gasteiger charge is 2.21. The molecule has 2 rings (SSSR count). The molecule has 0 saturated carbocycles. The lowest BCUT2D eigenvalue weighted by molar-refractivity contribution is 0.0696. The molecule has 0 fully saturated rings. The highest BCUT2D eigenvalue weighted by molar-refractivity contribution is 7.19. The first-order valence-electron chi connectivity index (χ1n) is 4.98. The van der Waals surface area contributed by atoms with E-state index in [0.717, 1.165) is 15.2 Å². The van der Waals surface area contributed by atoms with Gasteiger partial charge in [-0.25, -0.2) is 4.98 Å². The molecule has 0 aliphatic carbocycles. The van der Waals surface area contributed by atoms with Crippen LogP contribution in [-0.4, -0.2) is 22.2 Å². The molecule has 0 spiro atoms. The van der Waals surface area contributed by atoms with Crippen molar-refractivity contribution in [3.63, 3.8) is 0 Å². The maximum Gasteiger partial charge on any atom is 0.0968 e. The third kappa shape index (κ3) is 2.35. The Hall–Kier alpha value is -0.680. The lowest BCUT2D eigenvalue weighted by Crippen LogP contribution is -2.36.